The van der Waals surface area contributed by atoms with Gasteiger partial charge in [0.05, 0.1) is 0 Å². The number of benzene rings is 2. The highest BCUT2D eigenvalue weighted by Gasteiger charge is 2.07. The van der Waals surface area contributed by atoms with Crippen LogP contribution < -0.4 is 0 Å². The quantitative estimate of drug-likeness (QED) is 0.578. The van der Waals surface area contributed by atoms with Gasteiger partial charge in [0, 0.05) is 25.3 Å². The van der Waals surface area contributed by atoms with E-state index in [9.17, 15) is 0 Å². The van der Waals surface area contributed by atoms with E-state index in [0.29, 0.717) is 0 Å². The molecule has 0 atom stereocenters. The highest BCUT2D eigenvalue weighted by atomic mass is 32.2. The second kappa shape index (κ2) is 4.79. The van der Waals surface area contributed by atoms with Crippen LogP contribution in [0.3, 0.4) is 0 Å². The van der Waals surface area contributed by atoms with Crippen LogP contribution in [0.15, 0.2) is 57.6 Å². The Morgan fingerprint density at radius 3 is 2.50 bits per heavy atom. The molecule has 3 aromatic rings. The van der Waals surface area contributed by atoms with E-state index >= 15 is 0 Å². The average Bonchev–Trinajstić information content (AvgIpc) is 2.77. The van der Waals surface area contributed by atoms with Crippen molar-refractivity contribution < 1.29 is 0 Å². The molecule has 0 spiro atoms. The van der Waals surface area contributed by atoms with Crippen LogP contribution in [0.5, 0.6) is 0 Å². The lowest BCUT2D eigenvalue weighted by Crippen LogP contribution is -1.75. The Kier molecular flexibility index (Phi) is 3.14. The lowest BCUT2D eigenvalue weighted by molar-refractivity contribution is 1.37. The summed E-state index contributed by atoms with van der Waals surface area (Å²) >= 11 is 3.69. The van der Waals surface area contributed by atoms with Crippen LogP contribution in [-0.2, 0) is 0 Å². The Balaban J connectivity index is 2.00. The van der Waals surface area contributed by atoms with Crippen LogP contribution in [0.1, 0.15) is 11.1 Å². The predicted octanol–water partition coefficient (Wildman–Crippen LogP) is 5.67. The summed E-state index contributed by atoms with van der Waals surface area (Å²) in [5, 5.41) is 3.65. The van der Waals surface area contributed by atoms with E-state index < -0.39 is 0 Å². The van der Waals surface area contributed by atoms with Crippen LogP contribution in [0.2, 0.25) is 0 Å². The SMILES string of the molecule is Cc1ccc(Sc2csc3c(C)cccc23)cc1. The molecule has 0 fully saturated rings. The predicted molar refractivity (Wildman–Crippen MR) is 81.9 cm³/mol. The summed E-state index contributed by atoms with van der Waals surface area (Å²) in [7, 11) is 0. The largest absolute Gasteiger partial charge is 0.142 e. The number of aryl methyl sites for hydroxylation is 2. The zero-order chi connectivity index (χ0) is 12.5. The lowest BCUT2D eigenvalue weighted by atomic mass is 10.2. The molecule has 0 bridgehead atoms. The molecular formula is C16H14S2. The molecule has 1 aromatic heterocycles. The molecule has 0 saturated heterocycles. The van der Waals surface area contributed by atoms with E-state index in [1.165, 1.54) is 31.0 Å². The van der Waals surface area contributed by atoms with E-state index in [0.717, 1.165) is 0 Å². The summed E-state index contributed by atoms with van der Waals surface area (Å²) in [6.07, 6.45) is 0. The number of hydrogen-bond acceptors (Lipinski definition) is 2. The summed E-state index contributed by atoms with van der Waals surface area (Å²) < 4.78 is 1.41. The normalized spacial score (nSPS) is 11.0. The molecular weight excluding hydrogens is 256 g/mol. The molecule has 0 aliphatic carbocycles. The van der Waals surface area contributed by atoms with Crippen LogP contribution in [0, 0.1) is 13.8 Å². The van der Waals surface area contributed by atoms with Crippen molar-refractivity contribution in [3.05, 3.63) is 59.0 Å². The fourth-order valence-electron chi connectivity index (χ4n) is 1.99. The zero-order valence-corrected chi connectivity index (χ0v) is 12.1. The summed E-state index contributed by atoms with van der Waals surface area (Å²) in [5.74, 6) is 0. The maximum atomic E-state index is 2.27. The Bertz CT molecular complexity index is 678. The van der Waals surface area contributed by atoms with Crippen molar-refractivity contribution in [1.82, 2.24) is 0 Å². The van der Waals surface area contributed by atoms with E-state index in [1.54, 1.807) is 0 Å². The number of rotatable bonds is 2. The van der Waals surface area contributed by atoms with Gasteiger partial charge in [-0.3, -0.25) is 0 Å². The zero-order valence-electron chi connectivity index (χ0n) is 10.4. The molecule has 90 valence electrons. The number of thiophene rings is 1. The van der Waals surface area contributed by atoms with Crippen molar-refractivity contribution in [2.75, 3.05) is 0 Å². The average molecular weight is 270 g/mol. The van der Waals surface area contributed by atoms with E-state index in [-0.39, 0.29) is 0 Å². The minimum absolute atomic E-state index is 1.31. The Morgan fingerprint density at radius 2 is 1.72 bits per heavy atom. The molecule has 2 aromatic carbocycles. The molecule has 2 heteroatoms. The molecule has 0 aliphatic rings. The van der Waals surface area contributed by atoms with Crippen molar-refractivity contribution in [1.29, 1.82) is 0 Å². The molecule has 0 saturated carbocycles. The van der Waals surface area contributed by atoms with E-state index in [1.807, 2.05) is 23.1 Å². The van der Waals surface area contributed by atoms with Gasteiger partial charge in [-0.05, 0) is 31.5 Å². The first kappa shape index (κ1) is 11.8. The summed E-state index contributed by atoms with van der Waals surface area (Å²) in [6, 6.07) is 15.3. The molecule has 0 aliphatic heterocycles. The fraction of sp³-hybridized carbons (Fsp3) is 0.125. The minimum atomic E-state index is 1.31. The van der Waals surface area contributed by atoms with Gasteiger partial charge >= 0.3 is 0 Å². The summed E-state index contributed by atoms with van der Waals surface area (Å²) in [4.78, 5) is 2.67. The third-order valence-corrected chi connectivity index (χ3v) is 5.36. The van der Waals surface area contributed by atoms with E-state index in [4.69, 9.17) is 0 Å². The second-order valence-electron chi connectivity index (χ2n) is 4.47. The molecule has 18 heavy (non-hydrogen) atoms. The van der Waals surface area contributed by atoms with Crippen molar-refractivity contribution in [3.8, 4) is 0 Å². The summed E-state index contributed by atoms with van der Waals surface area (Å²) in [6.45, 7) is 4.30. The second-order valence-corrected chi connectivity index (χ2v) is 6.46. The maximum Gasteiger partial charge on any atom is 0.0383 e. The first-order valence-corrected chi connectivity index (χ1v) is 7.65. The molecule has 0 nitrogen and oxygen atoms in total. The first-order chi connectivity index (χ1) is 8.74. The third kappa shape index (κ3) is 2.18. The lowest BCUT2D eigenvalue weighted by Gasteiger charge is -2.01. The van der Waals surface area contributed by atoms with E-state index in [2.05, 4.69) is 61.7 Å². The highest BCUT2D eigenvalue weighted by molar-refractivity contribution is 7.99. The smallest absolute Gasteiger partial charge is 0.0383 e. The standard InChI is InChI=1S/C16H14S2/c1-11-6-8-13(9-7-11)18-15-10-17-16-12(2)4-3-5-14(15)16/h3-10H,1-2H3. The minimum Gasteiger partial charge on any atom is -0.142 e. The van der Waals surface area contributed by atoms with Gasteiger partial charge in [-0.25, -0.2) is 0 Å². The van der Waals surface area contributed by atoms with Gasteiger partial charge in [0.25, 0.3) is 0 Å². The molecule has 1 heterocycles. The molecule has 0 unspecified atom stereocenters. The van der Waals surface area contributed by atoms with Crippen molar-refractivity contribution in [3.63, 3.8) is 0 Å². The van der Waals surface area contributed by atoms with Crippen molar-refractivity contribution in [2.24, 2.45) is 0 Å². The monoisotopic (exact) mass is 270 g/mol. The fourth-order valence-corrected chi connectivity index (χ4v) is 4.11. The van der Waals surface area contributed by atoms with Gasteiger partial charge in [-0.15, -0.1) is 11.3 Å². The Hall–Kier alpha value is -1.25. The van der Waals surface area contributed by atoms with Gasteiger partial charge < -0.3 is 0 Å². The highest BCUT2D eigenvalue weighted by Crippen LogP contribution is 2.38. The van der Waals surface area contributed by atoms with Gasteiger partial charge in [0.1, 0.15) is 0 Å². The molecule has 0 amide bonds. The van der Waals surface area contributed by atoms with Crippen LogP contribution in [-0.4, -0.2) is 0 Å². The van der Waals surface area contributed by atoms with Gasteiger partial charge in [0.2, 0.25) is 0 Å². The van der Waals surface area contributed by atoms with Gasteiger partial charge in [-0.1, -0.05) is 47.7 Å². The Labute approximate surface area is 116 Å². The van der Waals surface area contributed by atoms with Crippen LogP contribution >= 0.6 is 23.1 Å². The molecule has 3 rings (SSSR count). The van der Waals surface area contributed by atoms with Crippen LogP contribution in [0.4, 0.5) is 0 Å². The van der Waals surface area contributed by atoms with Gasteiger partial charge in [0.15, 0.2) is 0 Å². The topological polar surface area (TPSA) is 0 Å². The Morgan fingerprint density at radius 1 is 0.944 bits per heavy atom. The number of fused-ring (bicyclic) bond motifs is 1. The van der Waals surface area contributed by atoms with Crippen molar-refractivity contribution >= 4 is 33.2 Å². The third-order valence-electron chi connectivity index (χ3n) is 3.01. The maximum absolute atomic E-state index is 2.27. The summed E-state index contributed by atoms with van der Waals surface area (Å²) in [5.41, 5.74) is 2.68. The van der Waals surface area contributed by atoms with Crippen LogP contribution in [0.25, 0.3) is 10.1 Å². The number of hydrogen-bond donors (Lipinski definition) is 0. The molecule has 0 N–H and O–H groups in total. The van der Waals surface area contributed by atoms with Crippen molar-refractivity contribution in [2.45, 2.75) is 23.6 Å². The van der Waals surface area contributed by atoms with Gasteiger partial charge in [-0.2, -0.15) is 0 Å². The first-order valence-electron chi connectivity index (χ1n) is 5.95. The molecule has 0 radical (unpaired) electrons.